The van der Waals surface area contributed by atoms with E-state index in [2.05, 4.69) is 22.0 Å². The number of aryl methyl sites for hydroxylation is 1. The largest absolute Gasteiger partial charge is 0.349 e. The van der Waals surface area contributed by atoms with Gasteiger partial charge in [0, 0.05) is 11.6 Å². The van der Waals surface area contributed by atoms with Gasteiger partial charge in [-0.1, -0.05) is 47.6 Å². The number of hydrogen-bond acceptors (Lipinski definition) is 4. The molecule has 0 atom stereocenters. The molecule has 0 radical (unpaired) electrons. The van der Waals surface area contributed by atoms with Crippen molar-refractivity contribution >= 4 is 23.1 Å². The number of hydrogen-bond donors (Lipinski definition) is 1. The lowest BCUT2D eigenvalue weighted by Gasteiger charge is -2.11. The summed E-state index contributed by atoms with van der Waals surface area (Å²) in [5, 5.41) is 7.02. The first kappa shape index (κ1) is 22.4. The minimum atomic E-state index is -0.965. The summed E-state index contributed by atoms with van der Waals surface area (Å²) in [7, 11) is 0. The van der Waals surface area contributed by atoms with Crippen molar-refractivity contribution in [3.8, 4) is 0 Å². The Morgan fingerprint density at radius 2 is 2.03 bits per heavy atom. The third-order valence-corrected chi connectivity index (χ3v) is 4.79. The Balaban J connectivity index is 1.60. The fourth-order valence-electron chi connectivity index (χ4n) is 3.02. The molecule has 8 heteroatoms. The topological polar surface area (TPSA) is 68.0 Å². The number of halogens is 3. The van der Waals surface area contributed by atoms with Gasteiger partial charge in [-0.15, -0.1) is 0 Å². The molecule has 0 fully saturated rings. The maximum atomic E-state index is 13.3. The maximum Gasteiger partial charge on any atom is 0.292 e. The Kier molecular flexibility index (Phi) is 7.31. The number of carbonyl (C=O) groups excluding carboxylic acids is 1. The Hall–Kier alpha value is -3.32. The van der Waals surface area contributed by atoms with E-state index in [9.17, 15) is 13.6 Å². The van der Waals surface area contributed by atoms with Crippen molar-refractivity contribution in [3.63, 3.8) is 0 Å². The SMILES string of the molecule is C=C/C=C(/CCNC(=O)c1noc(Cc2ccc(F)c(F)c2)n1)c1cc(Cl)ccc1C. The number of benzene rings is 2. The van der Waals surface area contributed by atoms with E-state index in [1.54, 1.807) is 6.08 Å². The van der Waals surface area contributed by atoms with Crippen LogP contribution in [0.25, 0.3) is 5.57 Å². The quantitative estimate of drug-likeness (QED) is 0.480. The molecule has 3 rings (SSSR count). The zero-order valence-corrected chi connectivity index (χ0v) is 17.5. The predicted octanol–water partition coefficient (Wildman–Crippen LogP) is 5.29. The molecule has 1 N–H and O–H groups in total. The summed E-state index contributed by atoms with van der Waals surface area (Å²) >= 11 is 6.11. The van der Waals surface area contributed by atoms with Crippen molar-refractivity contribution in [2.45, 2.75) is 19.8 Å². The first-order valence-electron chi connectivity index (χ1n) is 9.50. The van der Waals surface area contributed by atoms with E-state index in [1.165, 1.54) is 6.07 Å². The fraction of sp³-hybridized carbons (Fsp3) is 0.174. The average Bonchev–Trinajstić information content (AvgIpc) is 3.20. The van der Waals surface area contributed by atoms with Crippen molar-refractivity contribution in [2.24, 2.45) is 0 Å². The van der Waals surface area contributed by atoms with Gasteiger partial charge in [-0.2, -0.15) is 4.98 Å². The number of rotatable bonds is 8. The minimum absolute atomic E-state index is 0.0811. The zero-order valence-electron chi connectivity index (χ0n) is 16.8. The first-order valence-corrected chi connectivity index (χ1v) is 9.88. The molecule has 0 saturated carbocycles. The second kappa shape index (κ2) is 10.1. The van der Waals surface area contributed by atoms with Gasteiger partial charge in [0.2, 0.25) is 5.89 Å². The van der Waals surface area contributed by atoms with Gasteiger partial charge < -0.3 is 9.84 Å². The normalized spacial score (nSPS) is 11.4. The molecule has 0 unspecified atom stereocenters. The summed E-state index contributed by atoms with van der Waals surface area (Å²) in [6.07, 6.45) is 4.18. The van der Waals surface area contributed by atoms with Gasteiger partial charge in [0.25, 0.3) is 11.7 Å². The second-order valence-corrected chi connectivity index (χ2v) is 7.27. The molecule has 0 aliphatic heterocycles. The van der Waals surface area contributed by atoms with Crippen molar-refractivity contribution in [2.75, 3.05) is 6.54 Å². The molecule has 0 spiro atoms. The Labute approximate surface area is 183 Å². The smallest absolute Gasteiger partial charge is 0.292 e. The van der Waals surface area contributed by atoms with Crippen LogP contribution in [-0.2, 0) is 6.42 Å². The van der Waals surface area contributed by atoms with Crippen LogP contribution in [0.15, 0.2) is 59.7 Å². The zero-order chi connectivity index (χ0) is 22.4. The van der Waals surface area contributed by atoms with E-state index >= 15 is 0 Å². The van der Waals surface area contributed by atoms with Gasteiger partial charge in [-0.25, -0.2) is 8.78 Å². The summed E-state index contributed by atoms with van der Waals surface area (Å²) in [6, 6.07) is 9.10. The van der Waals surface area contributed by atoms with Crippen LogP contribution in [0.3, 0.4) is 0 Å². The highest BCUT2D eigenvalue weighted by molar-refractivity contribution is 6.30. The highest BCUT2D eigenvalue weighted by atomic mass is 35.5. The van der Waals surface area contributed by atoms with Gasteiger partial charge in [-0.3, -0.25) is 4.79 Å². The molecular weight excluding hydrogens is 424 g/mol. The number of aromatic nitrogens is 2. The van der Waals surface area contributed by atoms with E-state index in [-0.39, 0.29) is 18.1 Å². The van der Waals surface area contributed by atoms with Crippen molar-refractivity contribution < 1.29 is 18.1 Å². The van der Waals surface area contributed by atoms with Gasteiger partial charge >= 0.3 is 0 Å². The molecule has 31 heavy (non-hydrogen) atoms. The molecule has 0 aliphatic rings. The lowest BCUT2D eigenvalue weighted by atomic mass is 9.97. The van der Waals surface area contributed by atoms with E-state index < -0.39 is 17.5 Å². The summed E-state index contributed by atoms with van der Waals surface area (Å²) in [6.45, 7) is 6.05. The lowest BCUT2D eigenvalue weighted by Crippen LogP contribution is -2.25. The average molecular weight is 444 g/mol. The third-order valence-electron chi connectivity index (χ3n) is 4.56. The minimum Gasteiger partial charge on any atom is -0.349 e. The van der Waals surface area contributed by atoms with Crippen molar-refractivity contribution in [1.82, 2.24) is 15.5 Å². The summed E-state index contributed by atoms with van der Waals surface area (Å²) in [5.74, 6) is -2.41. The van der Waals surface area contributed by atoms with Crippen LogP contribution in [0.5, 0.6) is 0 Å². The van der Waals surface area contributed by atoms with E-state index in [1.807, 2.05) is 31.2 Å². The molecule has 0 saturated heterocycles. The fourth-order valence-corrected chi connectivity index (χ4v) is 3.20. The number of nitrogens with one attached hydrogen (secondary N) is 1. The number of carbonyl (C=O) groups is 1. The molecule has 1 amide bonds. The highest BCUT2D eigenvalue weighted by Gasteiger charge is 2.16. The number of nitrogens with zero attached hydrogens (tertiary/aromatic N) is 2. The van der Waals surface area contributed by atoms with E-state index in [0.717, 1.165) is 28.8 Å². The lowest BCUT2D eigenvalue weighted by molar-refractivity contribution is 0.0941. The van der Waals surface area contributed by atoms with E-state index in [4.69, 9.17) is 16.1 Å². The van der Waals surface area contributed by atoms with Crippen LogP contribution in [-0.4, -0.2) is 22.6 Å². The predicted molar refractivity (Wildman–Crippen MR) is 115 cm³/mol. The Morgan fingerprint density at radius 1 is 1.23 bits per heavy atom. The molecule has 3 aromatic rings. The second-order valence-electron chi connectivity index (χ2n) is 6.83. The summed E-state index contributed by atoms with van der Waals surface area (Å²) in [5.41, 5.74) is 3.46. The van der Waals surface area contributed by atoms with Crippen molar-refractivity contribution in [1.29, 1.82) is 0 Å². The Morgan fingerprint density at radius 3 is 2.77 bits per heavy atom. The molecule has 1 aromatic heterocycles. The van der Waals surface area contributed by atoms with Gasteiger partial charge in [0.15, 0.2) is 11.6 Å². The molecule has 0 bridgehead atoms. The Bertz CT molecular complexity index is 1140. The van der Waals surface area contributed by atoms with Crippen LogP contribution in [0, 0.1) is 18.6 Å². The van der Waals surface area contributed by atoms with Crippen LogP contribution in [0.4, 0.5) is 8.78 Å². The van der Waals surface area contributed by atoms with E-state index in [0.29, 0.717) is 23.6 Å². The molecule has 160 valence electrons. The standard InChI is InChI=1S/C23H20ClF2N3O2/c1-3-4-16(18-13-17(24)7-5-14(18)2)9-10-27-23(30)22-28-21(31-29-22)12-15-6-8-19(25)20(26)11-15/h3-8,11,13H,1,9-10,12H2,2H3,(H,27,30)/b16-4-. The molecular formula is C23H20ClF2N3O2. The monoisotopic (exact) mass is 443 g/mol. The first-order chi connectivity index (χ1) is 14.9. The summed E-state index contributed by atoms with van der Waals surface area (Å²) < 4.78 is 31.4. The van der Waals surface area contributed by atoms with Gasteiger partial charge in [0.1, 0.15) is 0 Å². The highest BCUT2D eigenvalue weighted by Crippen LogP contribution is 2.25. The van der Waals surface area contributed by atoms with Gasteiger partial charge in [-0.05, 0) is 59.9 Å². The van der Waals surface area contributed by atoms with Crippen LogP contribution >= 0.6 is 11.6 Å². The van der Waals surface area contributed by atoms with Crippen LogP contribution in [0.2, 0.25) is 5.02 Å². The molecule has 5 nitrogen and oxygen atoms in total. The number of amides is 1. The molecule has 2 aromatic carbocycles. The summed E-state index contributed by atoms with van der Waals surface area (Å²) in [4.78, 5) is 16.4. The third kappa shape index (κ3) is 5.86. The van der Waals surface area contributed by atoms with Crippen molar-refractivity contribution in [3.05, 3.63) is 100 Å². The van der Waals surface area contributed by atoms with Crippen LogP contribution in [0.1, 0.15) is 39.6 Å². The van der Waals surface area contributed by atoms with Gasteiger partial charge in [0.05, 0.1) is 6.42 Å². The molecule has 0 aliphatic carbocycles. The maximum absolute atomic E-state index is 13.3. The number of allylic oxidation sites excluding steroid dienone is 2. The molecule has 1 heterocycles. The van der Waals surface area contributed by atoms with Crippen LogP contribution < -0.4 is 5.32 Å².